The van der Waals surface area contributed by atoms with Gasteiger partial charge in [-0.25, -0.2) is 18.2 Å². The van der Waals surface area contributed by atoms with Crippen molar-refractivity contribution in [2.75, 3.05) is 18.6 Å². The van der Waals surface area contributed by atoms with Gasteiger partial charge in [0.25, 0.3) is 0 Å². The molecule has 0 radical (unpaired) electrons. The maximum Gasteiger partial charge on any atom is 0.356 e. The van der Waals surface area contributed by atoms with E-state index in [1.165, 1.54) is 22.9 Å². The predicted molar refractivity (Wildman–Crippen MR) is 68.7 cm³/mol. The van der Waals surface area contributed by atoms with Crippen molar-refractivity contribution in [2.45, 2.75) is 11.8 Å². The van der Waals surface area contributed by atoms with E-state index in [0.29, 0.717) is 5.65 Å². The third-order valence-electron chi connectivity index (χ3n) is 2.52. The molecule has 19 heavy (non-hydrogen) atoms. The van der Waals surface area contributed by atoms with Crippen molar-refractivity contribution in [1.82, 2.24) is 9.38 Å². The molecule has 0 fully saturated rings. The van der Waals surface area contributed by atoms with Gasteiger partial charge in [-0.1, -0.05) is 0 Å². The number of carbonyl (C=O) groups is 1. The van der Waals surface area contributed by atoms with Gasteiger partial charge >= 0.3 is 5.97 Å². The Morgan fingerprint density at radius 3 is 2.79 bits per heavy atom. The van der Waals surface area contributed by atoms with Gasteiger partial charge in [0.2, 0.25) is 0 Å². The van der Waals surface area contributed by atoms with E-state index in [2.05, 4.69) is 4.98 Å². The van der Waals surface area contributed by atoms with Gasteiger partial charge in [-0.15, -0.1) is 0 Å². The normalized spacial score (nSPS) is 11.7. The van der Waals surface area contributed by atoms with Crippen LogP contribution in [0.2, 0.25) is 0 Å². The number of sulfone groups is 1. The molecule has 2 N–H and O–H groups in total. The Morgan fingerprint density at radius 2 is 2.21 bits per heavy atom. The number of anilines is 1. The van der Waals surface area contributed by atoms with Crippen LogP contribution in [0.3, 0.4) is 0 Å². The number of hydrogen-bond acceptors (Lipinski definition) is 6. The molecule has 0 spiro atoms. The van der Waals surface area contributed by atoms with Crippen molar-refractivity contribution >= 4 is 27.1 Å². The summed E-state index contributed by atoms with van der Waals surface area (Å²) in [6.45, 7) is 1.89. The molecular formula is C11H13N3O4S. The van der Waals surface area contributed by atoms with Gasteiger partial charge < -0.3 is 10.5 Å². The highest BCUT2D eigenvalue weighted by Gasteiger charge is 2.17. The topological polar surface area (TPSA) is 104 Å². The quantitative estimate of drug-likeness (QED) is 0.822. The number of rotatable bonds is 3. The Balaban J connectivity index is 2.70. The van der Waals surface area contributed by atoms with Crippen molar-refractivity contribution in [3.8, 4) is 0 Å². The molecule has 2 aromatic rings. The molecule has 0 aromatic carbocycles. The van der Waals surface area contributed by atoms with Gasteiger partial charge in [0, 0.05) is 12.5 Å². The first-order valence-electron chi connectivity index (χ1n) is 5.48. The number of imidazole rings is 1. The molecule has 8 heteroatoms. The number of nitrogens with zero attached hydrogens (tertiary/aromatic N) is 2. The number of nitrogen functional groups attached to an aromatic ring is 1. The highest BCUT2D eigenvalue weighted by Crippen LogP contribution is 2.20. The number of ether oxygens (including phenoxy) is 1. The Labute approximate surface area is 109 Å². The molecule has 0 saturated heterocycles. The standard InChI is InChI=1S/C11H13N3O4S/c1-3-18-11(15)9-5-13-10-8(12)4-7(6-14(9)10)19(2,16)17/h4-6H,3,12H2,1-2H3. The number of nitrogens with two attached hydrogens (primary N) is 1. The first-order chi connectivity index (χ1) is 8.84. The summed E-state index contributed by atoms with van der Waals surface area (Å²) in [6.07, 6.45) is 3.67. The molecule has 0 bridgehead atoms. The van der Waals surface area contributed by atoms with Gasteiger partial charge in [-0.3, -0.25) is 4.40 Å². The molecule has 0 unspecified atom stereocenters. The number of carbonyl (C=O) groups excluding carboxylic acids is 1. The molecule has 2 rings (SSSR count). The highest BCUT2D eigenvalue weighted by molar-refractivity contribution is 7.90. The molecule has 0 amide bonds. The van der Waals surface area contributed by atoms with Crippen LogP contribution in [-0.4, -0.2) is 36.6 Å². The smallest absolute Gasteiger partial charge is 0.356 e. The minimum absolute atomic E-state index is 0.0149. The summed E-state index contributed by atoms with van der Waals surface area (Å²) in [5.41, 5.74) is 6.37. The molecule has 0 saturated carbocycles. The molecule has 102 valence electrons. The van der Waals surface area contributed by atoms with E-state index in [1.807, 2.05) is 0 Å². The van der Waals surface area contributed by atoms with E-state index in [1.54, 1.807) is 6.92 Å². The largest absolute Gasteiger partial charge is 0.461 e. The summed E-state index contributed by atoms with van der Waals surface area (Å²) >= 11 is 0. The highest BCUT2D eigenvalue weighted by atomic mass is 32.2. The fourth-order valence-electron chi connectivity index (χ4n) is 1.65. The van der Waals surface area contributed by atoms with Crippen LogP contribution < -0.4 is 5.73 Å². The lowest BCUT2D eigenvalue weighted by Gasteiger charge is -2.06. The molecule has 2 aromatic heterocycles. The minimum Gasteiger partial charge on any atom is -0.461 e. The van der Waals surface area contributed by atoms with Crippen LogP contribution in [0.15, 0.2) is 23.4 Å². The lowest BCUT2D eigenvalue weighted by atomic mass is 10.4. The van der Waals surface area contributed by atoms with E-state index < -0.39 is 15.8 Å². The Morgan fingerprint density at radius 1 is 1.53 bits per heavy atom. The monoisotopic (exact) mass is 283 g/mol. The average molecular weight is 283 g/mol. The van der Waals surface area contributed by atoms with Crippen molar-refractivity contribution in [3.63, 3.8) is 0 Å². The number of esters is 1. The van der Waals surface area contributed by atoms with Crippen LogP contribution in [0.4, 0.5) is 5.69 Å². The van der Waals surface area contributed by atoms with E-state index in [0.717, 1.165) is 6.26 Å². The van der Waals surface area contributed by atoms with Gasteiger partial charge in [-0.2, -0.15) is 0 Å². The first-order valence-corrected chi connectivity index (χ1v) is 7.37. The molecule has 2 heterocycles. The van der Waals surface area contributed by atoms with E-state index in [4.69, 9.17) is 10.5 Å². The second kappa shape index (κ2) is 4.54. The van der Waals surface area contributed by atoms with Gasteiger partial charge in [-0.05, 0) is 13.0 Å². The zero-order valence-corrected chi connectivity index (χ0v) is 11.3. The summed E-state index contributed by atoms with van der Waals surface area (Å²) in [4.78, 5) is 15.7. The molecule has 0 aliphatic heterocycles. The number of fused-ring (bicyclic) bond motifs is 1. The van der Waals surface area contributed by atoms with E-state index in [9.17, 15) is 13.2 Å². The van der Waals surface area contributed by atoms with Crippen molar-refractivity contribution < 1.29 is 17.9 Å². The van der Waals surface area contributed by atoms with Gasteiger partial charge in [0.1, 0.15) is 0 Å². The van der Waals surface area contributed by atoms with Crippen molar-refractivity contribution in [3.05, 3.63) is 24.2 Å². The molecule has 0 aliphatic carbocycles. The van der Waals surface area contributed by atoms with Crippen LogP contribution in [0.25, 0.3) is 5.65 Å². The Kier molecular flexibility index (Phi) is 3.19. The molecule has 0 aliphatic rings. The minimum atomic E-state index is -3.43. The van der Waals surface area contributed by atoms with Gasteiger partial charge in [0.05, 0.1) is 23.4 Å². The third kappa shape index (κ3) is 2.39. The molecule has 7 nitrogen and oxygen atoms in total. The first kappa shape index (κ1) is 13.3. The zero-order chi connectivity index (χ0) is 14.2. The van der Waals surface area contributed by atoms with Crippen LogP contribution in [0.5, 0.6) is 0 Å². The average Bonchev–Trinajstić information content (AvgIpc) is 2.72. The molecular weight excluding hydrogens is 270 g/mol. The summed E-state index contributed by atoms with van der Waals surface area (Å²) in [7, 11) is -3.43. The van der Waals surface area contributed by atoms with E-state index in [-0.39, 0.29) is 22.9 Å². The summed E-state index contributed by atoms with van der Waals surface area (Å²) in [6, 6.07) is 1.31. The van der Waals surface area contributed by atoms with Crippen molar-refractivity contribution in [2.24, 2.45) is 0 Å². The Hall–Kier alpha value is -2.09. The molecule has 0 atom stereocenters. The SMILES string of the molecule is CCOC(=O)c1cnc2c(N)cc(S(C)(=O)=O)cn12. The number of pyridine rings is 1. The van der Waals surface area contributed by atoms with Crippen LogP contribution >= 0.6 is 0 Å². The van der Waals surface area contributed by atoms with Gasteiger partial charge in [0.15, 0.2) is 21.2 Å². The third-order valence-corrected chi connectivity index (χ3v) is 3.60. The summed E-state index contributed by atoms with van der Waals surface area (Å²) < 4.78 is 29.3. The van der Waals surface area contributed by atoms with Crippen LogP contribution in [0, 0.1) is 0 Å². The Bertz CT molecular complexity index is 749. The lowest BCUT2D eigenvalue weighted by molar-refractivity contribution is 0.0518. The maximum atomic E-state index is 11.7. The van der Waals surface area contributed by atoms with Crippen LogP contribution in [-0.2, 0) is 14.6 Å². The predicted octanol–water partition coefficient (Wildman–Crippen LogP) is 0.497. The van der Waals surface area contributed by atoms with Crippen molar-refractivity contribution in [1.29, 1.82) is 0 Å². The zero-order valence-electron chi connectivity index (χ0n) is 10.5. The van der Waals surface area contributed by atoms with Crippen LogP contribution in [0.1, 0.15) is 17.4 Å². The maximum absolute atomic E-state index is 11.7. The number of hydrogen-bond donors (Lipinski definition) is 1. The summed E-state index contributed by atoms with van der Waals surface area (Å²) in [5.74, 6) is -0.583. The number of aromatic nitrogens is 2. The fraction of sp³-hybridized carbons (Fsp3) is 0.273. The fourth-order valence-corrected chi connectivity index (χ4v) is 2.28. The second-order valence-corrected chi connectivity index (χ2v) is 5.98. The lowest BCUT2D eigenvalue weighted by Crippen LogP contribution is -2.10. The summed E-state index contributed by atoms with van der Waals surface area (Å²) in [5, 5.41) is 0. The van der Waals surface area contributed by atoms with E-state index >= 15 is 0 Å². The second-order valence-electron chi connectivity index (χ2n) is 3.96.